The lowest BCUT2D eigenvalue weighted by Gasteiger charge is -2.06. The Bertz CT molecular complexity index is 1360. The van der Waals surface area contributed by atoms with Gasteiger partial charge in [-0.1, -0.05) is 60.7 Å². The topological polar surface area (TPSA) is 66.9 Å². The first-order valence-corrected chi connectivity index (χ1v) is 8.96. The first-order valence-electron chi connectivity index (χ1n) is 8.96. The van der Waals surface area contributed by atoms with Crippen LogP contribution in [0.4, 0.5) is 0 Å². The Kier molecular flexibility index (Phi) is 3.63. The van der Waals surface area contributed by atoms with Gasteiger partial charge in [-0.25, -0.2) is 14.5 Å². The molecule has 132 valence electrons. The highest BCUT2D eigenvalue weighted by Crippen LogP contribution is 2.30. The maximum atomic E-state index is 9.60. The summed E-state index contributed by atoms with van der Waals surface area (Å²) in [6, 6.07) is 24.3. The van der Waals surface area contributed by atoms with Gasteiger partial charge in [-0.3, -0.25) is 0 Å². The van der Waals surface area contributed by atoms with Crippen molar-refractivity contribution in [1.82, 2.24) is 19.6 Å². The second kappa shape index (κ2) is 6.29. The zero-order valence-corrected chi connectivity index (χ0v) is 15.2. The van der Waals surface area contributed by atoms with E-state index in [2.05, 4.69) is 34.4 Å². The van der Waals surface area contributed by atoms with Crippen LogP contribution in [0.3, 0.4) is 0 Å². The maximum absolute atomic E-state index is 9.60. The van der Waals surface area contributed by atoms with Gasteiger partial charge in [0.15, 0.2) is 11.3 Å². The minimum atomic E-state index is 0.478. The second-order valence-electron chi connectivity index (χ2n) is 6.59. The van der Waals surface area contributed by atoms with Gasteiger partial charge in [0.2, 0.25) is 0 Å². The fourth-order valence-corrected chi connectivity index (χ4v) is 3.54. The molecule has 0 fully saturated rings. The Hall–Kier alpha value is -4.04. The Morgan fingerprint density at radius 1 is 0.929 bits per heavy atom. The van der Waals surface area contributed by atoms with Gasteiger partial charge in [0, 0.05) is 23.0 Å². The molecule has 0 unspecified atom stereocenters. The van der Waals surface area contributed by atoms with E-state index < -0.39 is 0 Å². The van der Waals surface area contributed by atoms with Gasteiger partial charge in [-0.2, -0.15) is 5.26 Å². The van der Waals surface area contributed by atoms with E-state index in [-0.39, 0.29) is 0 Å². The van der Waals surface area contributed by atoms with Gasteiger partial charge in [0.05, 0.1) is 16.6 Å². The van der Waals surface area contributed by atoms with Gasteiger partial charge in [0.25, 0.3) is 0 Å². The molecule has 0 saturated carbocycles. The monoisotopic (exact) mass is 361 g/mol. The number of nitrogens with zero attached hydrogens (tertiary/aromatic N) is 5. The van der Waals surface area contributed by atoms with Crippen molar-refractivity contribution in [3.63, 3.8) is 0 Å². The van der Waals surface area contributed by atoms with E-state index in [1.165, 1.54) is 0 Å². The van der Waals surface area contributed by atoms with Gasteiger partial charge in [-0.05, 0) is 18.6 Å². The van der Waals surface area contributed by atoms with Gasteiger partial charge in [-0.15, -0.1) is 5.10 Å². The number of fused-ring (bicyclic) bond motifs is 3. The number of benzene rings is 2. The highest BCUT2D eigenvalue weighted by molar-refractivity contribution is 5.94. The molecule has 0 bridgehead atoms. The van der Waals surface area contributed by atoms with E-state index in [4.69, 9.17) is 4.98 Å². The molecule has 0 N–H and O–H groups in total. The lowest BCUT2D eigenvalue weighted by molar-refractivity contribution is 0.950. The van der Waals surface area contributed by atoms with Crippen LogP contribution in [0.5, 0.6) is 0 Å². The van der Waals surface area contributed by atoms with E-state index in [1.807, 2.05) is 55.5 Å². The maximum Gasteiger partial charge on any atom is 0.184 e. The van der Waals surface area contributed by atoms with Crippen molar-refractivity contribution in [2.75, 3.05) is 0 Å². The summed E-state index contributed by atoms with van der Waals surface area (Å²) in [5, 5.41) is 15.2. The average Bonchev–Trinajstić information content (AvgIpc) is 3.10. The Balaban J connectivity index is 1.86. The molecule has 3 heterocycles. The summed E-state index contributed by atoms with van der Waals surface area (Å²) in [4.78, 5) is 9.25. The lowest BCUT2D eigenvalue weighted by atomic mass is 10.0. The van der Waals surface area contributed by atoms with Crippen LogP contribution in [0.1, 0.15) is 11.3 Å². The quantitative estimate of drug-likeness (QED) is 0.453. The van der Waals surface area contributed by atoms with Crippen molar-refractivity contribution in [3.05, 3.63) is 84.2 Å². The standard InChI is InChI=1S/C23H15N5/c1-15-19(16-8-4-2-5-9-16)12-20-22(26-15)27-28-21(17-10-6-3-7-11-17)18(13-24)14-25-23(20)28/h2-12,14H,1H3. The lowest BCUT2D eigenvalue weighted by Crippen LogP contribution is -1.99. The largest absolute Gasteiger partial charge is 0.235 e. The highest BCUT2D eigenvalue weighted by atomic mass is 15.3. The van der Waals surface area contributed by atoms with Crippen LogP contribution >= 0.6 is 0 Å². The van der Waals surface area contributed by atoms with E-state index in [1.54, 1.807) is 10.7 Å². The van der Waals surface area contributed by atoms with Crippen LogP contribution in [0.25, 0.3) is 39.1 Å². The third-order valence-electron chi connectivity index (χ3n) is 4.86. The van der Waals surface area contributed by atoms with Crippen LogP contribution in [-0.4, -0.2) is 19.6 Å². The van der Waals surface area contributed by atoms with Gasteiger partial charge >= 0.3 is 0 Å². The smallest absolute Gasteiger partial charge is 0.184 e. The zero-order chi connectivity index (χ0) is 19.1. The Morgan fingerprint density at radius 2 is 1.61 bits per heavy atom. The van der Waals surface area contributed by atoms with Crippen LogP contribution in [-0.2, 0) is 0 Å². The summed E-state index contributed by atoms with van der Waals surface area (Å²) >= 11 is 0. The van der Waals surface area contributed by atoms with Crippen LogP contribution < -0.4 is 0 Å². The van der Waals surface area contributed by atoms with E-state index in [9.17, 15) is 5.26 Å². The molecular formula is C23H15N5. The van der Waals surface area contributed by atoms with E-state index >= 15 is 0 Å². The minimum Gasteiger partial charge on any atom is -0.235 e. The molecule has 2 aromatic carbocycles. The second-order valence-corrected chi connectivity index (χ2v) is 6.59. The molecule has 3 aromatic heterocycles. The summed E-state index contributed by atoms with van der Waals surface area (Å²) in [6.07, 6.45) is 1.61. The summed E-state index contributed by atoms with van der Waals surface area (Å²) in [5.41, 5.74) is 6.50. The molecule has 5 nitrogen and oxygen atoms in total. The van der Waals surface area contributed by atoms with Crippen molar-refractivity contribution in [3.8, 4) is 28.5 Å². The number of nitriles is 1. The van der Waals surface area contributed by atoms with Crippen molar-refractivity contribution < 1.29 is 0 Å². The molecule has 28 heavy (non-hydrogen) atoms. The third kappa shape index (κ3) is 2.43. The molecule has 0 aliphatic heterocycles. The minimum absolute atomic E-state index is 0.478. The summed E-state index contributed by atoms with van der Waals surface area (Å²) in [5.74, 6) is 0. The summed E-state index contributed by atoms with van der Waals surface area (Å²) < 4.78 is 1.74. The molecule has 5 rings (SSSR count). The molecule has 0 radical (unpaired) electrons. The predicted octanol–water partition coefficient (Wildman–Crippen LogP) is 4.79. The molecule has 0 aliphatic rings. The van der Waals surface area contributed by atoms with Gasteiger partial charge < -0.3 is 0 Å². The molecule has 5 heteroatoms. The zero-order valence-electron chi connectivity index (χ0n) is 15.2. The summed E-state index contributed by atoms with van der Waals surface area (Å²) in [6.45, 7) is 1.98. The summed E-state index contributed by atoms with van der Waals surface area (Å²) in [7, 11) is 0. The number of aryl methyl sites for hydroxylation is 1. The number of hydrogen-bond donors (Lipinski definition) is 0. The number of hydrogen-bond acceptors (Lipinski definition) is 4. The van der Waals surface area contributed by atoms with Crippen LogP contribution in [0.2, 0.25) is 0 Å². The van der Waals surface area contributed by atoms with Crippen LogP contribution in [0, 0.1) is 18.3 Å². The highest BCUT2D eigenvalue weighted by Gasteiger charge is 2.17. The fourth-order valence-electron chi connectivity index (χ4n) is 3.54. The predicted molar refractivity (Wildman–Crippen MR) is 109 cm³/mol. The van der Waals surface area contributed by atoms with Crippen molar-refractivity contribution in [2.45, 2.75) is 6.92 Å². The van der Waals surface area contributed by atoms with Crippen molar-refractivity contribution >= 4 is 16.7 Å². The SMILES string of the molecule is Cc1nc2nn3c(-c4ccccc4)c(C#N)cnc3c2cc1-c1ccccc1. The molecule has 0 saturated heterocycles. The molecule has 0 spiro atoms. The molecule has 0 amide bonds. The molecule has 0 atom stereocenters. The van der Waals surface area contributed by atoms with Crippen LogP contribution in [0.15, 0.2) is 72.9 Å². The molecule has 0 aliphatic carbocycles. The number of rotatable bonds is 2. The molecular weight excluding hydrogens is 346 g/mol. The first-order chi connectivity index (χ1) is 13.8. The van der Waals surface area contributed by atoms with Crippen molar-refractivity contribution in [1.29, 1.82) is 5.26 Å². The normalized spacial score (nSPS) is 11.0. The Morgan fingerprint density at radius 3 is 2.29 bits per heavy atom. The fraction of sp³-hybridized carbons (Fsp3) is 0.0435. The van der Waals surface area contributed by atoms with Crippen molar-refractivity contribution in [2.24, 2.45) is 0 Å². The average molecular weight is 361 g/mol. The van der Waals surface area contributed by atoms with E-state index in [0.29, 0.717) is 16.9 Å². The molecule has 5 aromatic rings. The van der Waals surface area contributed by atoms with Gasteiger partial charge in [0.1, 0.15) is 6.07 Å². The number of pyridine rings is 1. The van der Waals surface area contributed by atoms with E-state index in [0.717, 1.165) is 33.5 Å². The Labute approximate surface area is 161 Å². The first kappa shape index (κ1) is 16.2. The third-order valence-corrected chi connectivity index (χ3v) is 4.86. The number of aromatic nitrogens is 4.